The SMILES string of the molecule is CC(C)(C)[Si](C)(C)OC[C@@H](O)CN1CC2(CCN(c3nc4c(c(=O)[nH]3)CCCC4)CC2)c2ccccc21. The third-order valence-electron chi connectivity index (χ3n) is 9.38. The lowest BCUT2D eigenvalue weighted by molar-refractivity contribution is 0.104. The van der Waals surface area contributed by atoms with Gasteiger partial charge in [0.2, 0.25) is 5.95 Å². The molecule has 3 aliphatic rings. The fourth-order valence-electron chi connectivity index (χ4n) is 6.04. The molecule has 0 bridgehead atoms. The summed E-state index contributed by atoms with van der Waals surface area (Å²) < 4.78 is 6.32. The molecule has 0 radical (unpaired) electrons. The summed E-state index contributed by atoms with van der Waals surface area (Å²) in [5, 5.41) is 11.1. The van der Waals surface area contributed by atoms with Gasteiger partial charge in [-0.15, -0.1) is 0 Å². The van der Waals surface area contributed by atoms with E-state index in [1.165, 1.54) is 11.3 Å². The van der Waals surface area contributed by atoms with Gasteiger partial charge in [0.1, 0.15) is 0 Å². The van der Waals surface area contributed by atoms with Gasteiger partial charge in [-0.05, 0) is 68.3 Å². The van der Waals surface area contributed by atoms with Gasteiger partial charge in [-0.3, -0.25) is 9.78 Å². The maximum absolute atomic E-state index is 12.7. The van der Waals surface area contributed by atoms with Crippen LogP contribution in [0.3, 0.4) is 0 Å². The number of nitrogens with zero attached hydrogens (tertiary/aromatic N) is 3. The van der Waals surface area contributed by atoms with Crippen molar-refractivity contribution in [3.8, 4) is 0 Å². The van der Waals surface area contributed by atoms with E-state index in [1.807, 2.05) is 0 Å². The van der Waals surface area contributed by atoms with Crippen molar-refractivity contribution in [2.45, 2.75) is 88.9 Å². The fourth-order valence-corrected chi connectivity index (χ4v) is 7.08. The molecule has 8 heteroatoms. The van der Waals surface area contributed by atoms with Crippen LogP contribution >= 0.6 is 0 Å². The summed E-state index contributed by atoms with van der Waals surface area (Å²) in [5.74, 6) is 0.738. The minimum atomic E-state index is -1.90. The smallest absolute Gasteiger partial charge is 0.255 e. The molecule has 37 heavy (non-hydrogen) atoms. The number of aromatic amines is 1. The van der Waals surface area contributed by atoms with E-state index in [1.54, 1.807) is 0 Å². The molecule has 1 atom stereocenters. The summed E-state index contributed by atoms with van der Waals surface area (Å²) in [7, 11) is -1.90. The van der Waals surface area contributed by atoms with E-state index in [9.17, 15) is 9.90 Å². The molecule has 1 aromatic carbocycles. The summed E-state index contributed by atoms with van der Waals surface area (Å²) in [6.45, 7) is 14.8. The Morgan fingerprint density at radius 3 is 2.59 bits per heavy atom. The second-order valence-corrected chi connectivity index (χ2v) is 17.7. The number of hydrogen-bond acceptors (Lipinski definition) is 6. The van der Waals surface area contributed by atoms with Crippen LogP contribution in [0.15, 0.2) is 29.1 Å². The average molecular weight is 525 g/mol. The molecule has 3 heterocycles. The van der Waals surface area contributed by atoms with Gasteiger partial charge in [0.25, 0.3) is 5.56 Å². The highest BCUT2D eigenvalue weighted by molar-refractivity contribution is 6.74. The van der Waals surface area contributed by atoms with E-state index in [4.69, 9.17) is 9.41 Å². The number of hydrogen-bond donors (Lipinski definition) is 2. The number of aliphatic hydroxyl groups is 1. The van der Waals surface area contributed by atoms with Gasteiger partial charge in [-0.2, -0.15) is 0 Å². The normalized spacial score (nSPS) is 20.2. The summed E-state index contributed by atoms with van der Waals surface area (Å²) in [5.41, 5.74) is 4.62. The molecule has 1 saturated heterocycles. The number of benzene rings is 1. The summed E-state index contributed by atoms with van der Waals surface area (Å²) >= 11 is 0. The van der Waals surface area contributed by atoms with Gasteiger partial charge in [0, 0.05) is 42.8 Å². The van der Waals surface area contributed by atoms with Gasteiger partial charge in [-0.1, -0.05) is 39.0 Å². The van der Waals surface area contributed by atoms with Crippen molar-refractivity contribution in [2.24, 2.45) is 0 Å². The Bertz CT molecular complexity index is 1180. The molecule has 202 valence electrons. The largest absolute Gasteiger partial charge is 0.414 e. The van der Waals surface area contributed by atoms with Crippen LogP contribution in [0, 0.1) is 0 Å². The summed E-state index contributed by atoms with van der Waals surface area (Å²) in [6.07, 6.45) is 5.42. The van der Waals surface area contributed by atoms with E-state index in [0.717, 1.165) is 75.4 Å². The minimum Gasteiger partial charge on any atom is -0.414 e. The number of nitrogens with one attached hydrogen (secondary N) is 1. The molecule has 1 aromatic heterocycles. The van der Waals surface area contributed by atoms with Crippen LogP contribution in [0.4, 0.5) is 11.6 Å². The minimum absolute atomic E-state index is 0.0475. The van der Waals surface area contributed by atoms with Crippen LogP contribution in [0.5, 0.6) is 0 Å². The van der Waals surface area contributed by atoms with Crippen LogP contribution in [-0.4, -0.2) is 62.3 Å². The zero-order chi connectivity index (χ0) is 26.4. The number of para-hydroxylation sites is 1. The van der Waals surface area contributed by atoms with Crippen LogP contribution in [-0.2, 0) is 22.7 Å². The van der Waals surface area contributed by atoms with E-state index in [0.29, 0.717) is 13.2 Å². The van der Waals surface area contributed by atoms with Crippen molar-refractivity contribution in [3.05, 3.63) is 51.4 Å². The first-order valence-corrected chi connectivity index (χ1v) is 16.9. The number of anilines is 2. The second kappa shape index (κ2) is 9.86. The highest BCUT2D eigenvalue weighted by Gasteiger charge is 2.45. The molecule has 0 saturated carbocycles. The number of piperidine rings is 1. The standard InChI is InChI=1S/C29H44N4O3Si/c1-28(2,3)37(4,5)36-19-21(34)18-33-20-29(23-11-7-9-13-25(23)33)14-16-32(17-15-29)27-30-24-12-8-6-10-22(24)26(35)31-27/h7,9,11,13,21,34H,6,8,10,12,14-20H2,1-5H3,(H,30,31,35)/t21-/m0/s1. The number of aryl methyl sites for hydroxylation is 1. The van der Waals surface area contributed by atoms with E-state index < -0.39 is 14.4 Å². The lowest BCUT2D eigenvalue weighted by Gasteiger charge is -2.40. The number of rotatable bonds is 6. The molecule has 1 spiro atoms. The van der Waals surface area contributed by atoms with Gasteiger partial charge >= 0.3 is 0 Å². The number of H-pyrrole nitrogens is 1. The second-order valence-electron chi connectivity index (χ2n) is 12.9. The molecule has 2 aliphatic heterocycles. The van der Waals surface area contributed by atoms with Crippen molar-refractivity contribution < 1.29 is 9.53 Å². The quantitative estimate of drug-likeness (QED) is 0.546. The first-order valence-electron chi connectivity index (χ1n) is 14.0. The lowest BCUT2D eigenvalue weighted by Crippen LogP contribution is -2.48. The highest BCUT2D eigenvalue weighted by Crippen LogP contribution is 2.47. The van der Waals surface area contributed by atoms with Crippen molar-refractivity contribution in [1.82, 2.24) is 9.97 Å². The van der Waals surface area contributed by atoms with E-state index >= 15 is 0 Å². The predicted octanol–water partition coefficient (Wildman–Crippen LogP) is 4.39. The zero-order valence-electron chi connectivity index (χ0n) is 23.3. The average Bonchev–Trinajstić information content (AvgIpc) is 3.15. The number of β-amino-alcohol motifs (C(OH)–C–C–N with tert-alkyl or cyclic N) is 1. The Morgan fingerprint density at radius 2 is 1.86 bits per heavy atom. The number of aromatic nitrogens is 2. The number of aliphatic hydroxyl groups excluding tert-OH is 1. The molecule has 2 aromatic rings. The molecule has 1 fully saturated rings. The number of fused-ring (bicyclic) bond motifs is 3. The third-order valence-corrected chi connectivity index (χ3v) is 13.9. The summed E-state index contributed by atoms with van der Waals surface area (Å²) in [6, 6.07) is 8.69. The van der Waals surface area contributed by atoms with Crippen molar-refractivity contribution in [3.63, 3.8) is 0 Å². The van der Waals surface area contributed by atoms with Crippen LogP contribution in [0.1, 0.15) is 63.3 Å². The molecule has 1 aliphatic carbocycles. The van der Waals surface area contributed by atoms with Crippen molar-refractivity contribution in [2.75, 3.05) is 42.6 Å². The Hall–Kier alpha value is -2.16. The van der Waals surface area contributed by atoms with Gasteiger partial charge < -0.3 is 19.3 Å². The fraction of sp³-hybridized carbons (Fsp3) is 0.655. The summed E-state index contributed by atoms with van der Waals surface area (Å²) in [4.78, 5) is 25.3. The van der Waals surface area contributed by atoms with Crippen LogP contribution < -0.4 is 15.4 Å². The zero-order valence-corrected chi connectivity index (χ0v) is 24.3. The van der Waals surface area contributed by atoms with Crippen LogP contribution in [0.2, 0.25) is 18.1 Å². The molecule has 0 amide bonds. The molecule has 7 nitrogen and oxygen atoms in total. The van der Waals surface area contributed by atoms with Gasteiger partial charge in [-0.25, -0.2) is 4.98 Å². The van der Waals surface area contributed by atoms with Crippen molar-refractivity contribution >= 4 is 20.0 Å². The first-order chi connectivity index (χ1) is 17.5. The molecule has 5 rings (SSSR count). The Morgan fingerprint density at radius 1 is 1.16 bits per heavy atom. The van der Waals surface area contributed by atoms with Gasteiger partial charge in [0.15, 0.2) is 8.32 Å². The Balaban J connectivity index is 1.27. The predicted molar refractivity (Wildman–Crippen MR) is 152 cm³/mol. The topological polar surface area (TPSA) is 81.7 Å². The molecular formula is C29H44N4O3Si. The Labute approximate surface area is 222 Å². The Kier molecular flexibility index (Phi) is 7.05. The molecular weight excluding hydrogens is 480 g/mol. The van der Waals surface area contributed by atoms with Crippen molar-refractivity contribution in [1.29, 1.82) is 0 Å². The lowest BCUT2D eigenvalue weighted by atomic mass is 9.74. The maximum Gasteiger partial charge on any atom is 0.255 e. The van der Waals surface area contributed by atoms with Crippen LogP contribution in [0.25, 0.3) is 0 Å². The van der Waals surface area contributed by atoms with Gasteiger partial charge in [0.05, 0.1) is 18.4 Å². The molecule has 0 unspecified atom stereocenters. The highest BCUT2D eigenvalue weighted by atomic mass is 28.4. The van der Waals surface area contributed by atoms with E-state index in [2.05, 4.69) is 72.9 Å². The molecule has 2 N–H and O–H groups in total. The van der Waals surface area contributed by atoms with E-state index in [-0.39, 0.29) is 16.0 Å². The monoisotopic (exact) mass is 524 g/mol. The third kappa shape index (κ3) is 5.12. The maximum atomic E-state index is 12.7. The first kappa shape index (κ1) is 26.4.